The van der Waals surface area contributed by atoms with Gasteiger partial charge in [-0.25, -0.2) is 0 Å². The molecule has 1 aromatic rings. The van der Waals surface area contributed by atoms with E-state index in [-0.39, 0.29) is 29.7 Å². The summed E-state index contributed by atoms with van der Waals surface area (Å²) in [5, 5.41) is 9.51. The lowest BCUT2D eigenvalue weighted by Crippen LogP contribution is -2.61. The highest BCUT2D eigenvalue weighted by Crippen LogP contribution is 2.63. The van der Waals surface area contributed by atoms with E-state index in [0.29, 0.717) is 45.3 Å². The molecule has 3 saturated heterocycles. The number of carbonyl (C=O) groups excluding carboxylic acids is 3. The van der Waals surface area contributed by atoms with Gasteiger partial charge in [0.25, 0.3) is 0 Å². The number of amides is 3. The quantitative estimate of drug-likeness (QED) is 0.258. The molecule has 3 heterocycles. The van der Waals surface area contributed by atoms with Crippen molar-refractivity contribution in [3.63, 3.8) is 0 Å². The average molecular weight is 594 g/mol. The molecule has 4 rings (SSSR count). The van der Waals surface area contributed by atoms with E-state index in [4.69, 9.17) is 4.74 Å². The third-order valence-corrected chi connectivity index (χ3v) is 9.50. The maximum absolute atomic E-state index is 14.9. The summed E-state index contributed by atoms with van der Waals surface area (Å²) in [6, 6.07) is 8.54. The van der Waals surface area contributed by atoms with Crippen molar-refractivity contribution >= 4 is 23.4 Å². The van der Waals surface area contributed by atoms with Crippen LogP contribution in [0.25, 0.3) is 0 Å². The second-order valence-corrected chi connectivity index (χ2v) is 14.6. The Morgan fingerprint density at radius 1 is 1.05 bits per heavy atom. The monoisotopic (exact) mass is 593 g/mol. The first-order valence-corrected chi connectivity index (χ1v) is 15.7. The summed E-state index contributed by atoms with van der Waals surface area (Å²) < 4.78 is 6.89. The highest BCUT2D eigenvalue weighted by atomic mass is 16.5. The fraction of sp³-hybridized carbons (Fsp3) is 0.629. The summed E-state index contributed by atoms with van der Waals surface area (Å²) >= 11 is 0. The Hall–Kier alpha value is -2.97. The zero-order valence-electron chi connectivity index (χ0n) is 27.0. The van der Waals surface area contributed by atoms with Crippen LogP contribution in [-0.2, 0) is 19.1 Å². The van der Waals surface area contributed by atoms with Crippen LogP contribution < -0.4 is 4.90 Å². The van der Waals surface area contributed by atoms with Gasteiger partial charge in [0.1, 0.15) is 11.6 Å². The van der Waals surface area contributed by atoms with Gasteiger partial charge < -0.3 is 24.5 Å². The van der Waals surface area contributed by atoms with Gasteiger partial charge in [0.05, 0.1) is 17.4 Å². The Labute approximate surface area is 257 Å². The van der Waals surface area contributed by atoms with E-state index in [0.717, 1.165) is 12.1 Å². The normalized spacial score (nSPS) is 28.1. The minimum atomic E-state index is -1.11. The highest BCUT2D eigenvalue weighted by Gasteiger charge is 2.78. The Kier molecular flexibility index (Phi) is 9.34. The van der Waals surface area contributed by atoms with E-state index in [1.165, 1.54) is 0 Å². The molecular formula is C35H51N3O5. The Morgan fingerprint density at radius 2 is 1.70 bits per heavy atom. The van der Waals surface area contributed by atoms with Crippen molar-refractivity contribution in [3.05, 3.63) is 55.6 Å². The fourth-order valence-electron chi connectivity index (χ4n) is 8.25. The smallest absolute Gasteiger partial charge is 0.249 e. The molecule has 3 aliphatic heterocycles. The van der Waals surface area contributed by atoms with Crippen LogP contribution >= 0.6 is 0 Å². The van der Waals surface area contributed by atoms with Gasteiger partial charge in [-0.05, 0) is 70.4 Å². The van der Waals surface area contributed by atoms with E-state index in [2.05, 4.69) is 47.8 Å². The molecule has 3 fully saturated rings. The molecule has 8 heteroatoms. The Bertz CT molecular complexity index is 1220. The largest absolute Gasteiger partial charge is 0.396 e. The molecule has 0 aliphatic carbocycles. The number of fused-ring (bicyclic) bond motifs is 1. The van der Waals surface area contributed by atoms with E-state index in [9.17, 15) is 19.5 Å². The maximum atomic E-state index is 14.9. The molecule has 1 N–H and O–H groups in total. The molecule has 2 unspecified atom stereocenters. The Morgan fingerprint density at radius 3 is 2.28 bits per heavy atom. The number of anilines is 1. The molecular weight excluding hydrogens is 542 g/mol. The maximum Gasteiger partial charge on any atom is 0.249 e. The van der Waals surface area contributed by atoms with Crippen LogP contribution in [0.2, 0.25) is 0 Å². The van der Waals surface area contributed by atoms with E-state index < -0.39 is 34.6 Å². The predicted octanol–water partition coefficient (Wildman–Crippen LogP) is 4.97. The molecule has 3 aliphatic rings. The molecule has 0 aromatic heterocycles. The average Bonchev–Trinajstić information content (AvgIpc) is 3.49. The van der Waals surface area contributed by atoms with Crippen molar-refractivity contribution in [2.45, 2.75) is 96.4 Å². The molecule has 1 spiro atoms. The minimum absolute atomic E-state index is 0.000309. The highest BCUT2D eigenvalue weighted by molar-refractivity contribution is 6.03. The van der Waals surface area contributed by atoms with Crippen LogP contribution in [0.4, 0.5) is 5.69 Å². The number of likely N-dealkylation sites (tertiary alicyclic amines) is 1. The first kappa shape index (κ1) is 32.9. The number of nitrogens with zero attached hydrogens (tertiary/aromatic N) is 3. The van der Waals surface area contributed by atoms with Gasteiger partial charge in [-0.15, -0.1) is 13.2 Å². The molecule has 43 heavy (non-hydrogen) atoms. The van der Waals surface area contributed by atoms with Gasteiger partial charge in [-0.1, -0.05) is 51.1 Å². The number of benzene rings is 1. The third-order valence-electron chi connectivity index (χ3n) is 9.50. The topological polar surface area (TPSA) is 90.4 Å². The number of para-hydroxylation sites is 1. The van der Waals surface area contributed by atoms with Gasteiger partial charge in [-0.2, -0.15) is 0 Å². The lowest BCUT2D eigenvalue weighted by molar-refractivity contribution is -0.155. The molecule has 0 radical (unpaired) electrons. The molecule has 236 valence electrons. The summed E-state index contributed by atoms with van der Waals surface area (Å²) in [6.45, 7) is 21.3. The molecule has 8 nitrogen and oxygen atoms in total. The van der Waals surface area contributed by atoms with Gasteiger partial charge in [0.15, 0.2) is 0 Å². The standard InChI is InChI=1S/C35H51N3O5/c1-9-20-36(25-16-12-11-13-17-25)29(40)26-27-30(41)37(22-14-15-23-39)28(35(27)19-18-34(26,8)43-35)31(42)38(21-10-2)33(6,7)24-32(3,4)5/h9-13,16-17,26-28,39H,1-2,14-15,18-24H2,3-8H3/t26-,27-,28?,34+,35?/m0/s1. The second kappa shape index (κ2) is 12.2. The summed E-state index contributed by atoms with van der Waals surface area (Å²) in [4.78, 5) is 49.1. The van der Waals surface area contributed by atoms with Gasteiger partial charge in [0, 0.05) is 37.5 Å². The van der Waals surface area contributed by atoms with Crippen LogP contribution in [0.1, 0.15) is 73.6 Å². The SMILES string of the molecule is C=CCN(C(=O)[C@@H]1[C@H]2C(=O)N(CCCCO)C(C(=O)N(CC=C)C(C)(C)CC(C)(C)C)C23CC[C@@]1(C)O3)c1ccccc1. The van der Waals surface area contributed by atoms with Gasteiger partial charge in [0.2, 0.25) is 17.7 Å². The van der Waals surface area contributed by atoms with E-state index >= 15 is 0 Å². The number of unbranched alkanes of at least 4 members (excludes halogenated alkanes) is 1. The van der Waals surface area contributed by atoms with E-state index in [1.807, 2.05) is 42.2 Å². The van der Waals surface area contributed by atoms with Gasteiger partial charge in [-0.3, -0.25) is 14.4 Å². The van der Waals surface area contributed by atoms with Crippen molar-refractivity contribution in [1.82, 2.24) is 9.80 Å². The zero-order valence-corrected chi connectivity index (χ0v) is 27.0. The number of ether oxygens (including phenoxy) is 1. The number of hydrogen-bond donors (Lipinski definition) is 1. The molecule has 1 aromatic carbocycles. The van der Waals surface area contributed by atoms with Crippen molar-refractivity contribution in [1.29, 1.82) is 0 Å². The minimum Gasteiger partial charge on any atom is -0.396 e. The number of rotatable bonds is 13. The van der Waals surface area contributed by atoms with Crippen molar-refractivity contribution in [3.8, 4) is 0 Å². The number of hydrogen-bond acceptors (Lipinski definition) is 5. The van der Waals surface area contributed by atoms with Crippen molar-refractivity contribution in [2.75, 3.05) is 31.1 Å². The third kappa shape index (κ3) is 5.93. The fourth-order valence-corrected chi connectivity index (χ4v) is 8.25. The van der Waals surface area contributed by atoms with Crippen molar-refractivity contribution in [2.24, 2.45) is 17.3 Å². The summed E-state index contributed by atoms with van der Waals surface area (Å²) in [5.41, 5.74) is -1.84. The van der Waals surface area contributed by atoms with Crippen LogP contribution in [0.5, 0.6) is 0 Å². The first-order valence-electron chi connectivity index (χ1n) is 15.7. The number of carbonyl (C=O) groups is 3. The predicted molar refractivity (Wildman–Crippen MR) is 169 cm³/mol. The number of aliphatic hydroxyl groups is 1. The molecule has 3 amide bonds. The van der Waals surface area contributed by atoms with E-state index in [1.54, 1.807) is 22.0 Å². The zero-order chi connectivity index (χ0) is 31.8. The van der Waals surface area contributed by atoms with Crippen LogP contribution in [0.3, 0.4) is 0 Å². The van der Waals surface area contributed by atoms with Gasteiger partial charge >= 0.3 is 0 Å². The summed E-state index contributed by atoms with van der Waals surface area (Å²) in [5.74, 6) is -2.10. The molecule has 5 atom stereocenters. The first-order chi connectivity index (χ1) is 20.2. The van der Waals surface area contributed by atoms with Crippen LogP contribution in [0.15, 0.2) is 55.6 Å². The summed E-state index contributed by atoms with van der Waals surface area (Å²) in [6.07, 6.45) is 6.31. The Balaban J connectivity index is 1.80. The lowest BCUT2D eigenvalue weighted by Gasteiger charge is -2.45. The van der Waals surface area contributed by atoms with Crippen molar-refractivity contribution < 1.29 is 24.2 Å². The summed E-state index contributed by atoms with van der Waals surface area (Å²) in [7, 11) is 0. The molecule has 0 saturated carbocycles. The second-order valence-electron chi connectivity index (χ2n) is 14.6. The number of aliphatic hydroxyl groups excluding tert-OH is 1. The lowest BCUT2D eigenvalue weighted by atomic mass is 9.65. The molecule has 2 bridgehead atoms. The van der Waals surface area contributed by atoms with Crippen LogP contribution in [-0.4, -0.2) is 81.7 Å². The van der Waals surface area contributed by atoms with Crippen LogP contribution in [0, 0.1) is 17.3 Å².